The summed E-state index contributed by atoms with van der Waals surface area (Å²) in [6.45, 7) is 3.71. The highest BCUT2D eigenvalue weighted by Gasteiger charge is 2.29. The van der Waals surface area contributed by atoms with Gasteiger partial charge in [-0.1, -0.05) is 23.7 Å². The van der Waals surface area contributed by atoms with Crippen LogP contribution in [-0.2, 0) is 11.2 Å². The first-order chi connectivity index (χ1) is 13.0. The Hall–Kier alpha value is -2.64. The zero-order valence-corrected chi connectivity index (χ0v) is 15.7. The molecule has 0 aliphatic carbocycles. The molecule has 1 aliphatic heterocycles. The van der Waals surface area contributed by atoms with Crippen LogP contribution in [0.4, 0.5) is 0 Å². The van der Waals surface area contributed by atoms with Gasteiger partial charge < -0.3 is 10.2 Å². The molecule has 140 valence electrons. The molecule has 8 heteroatoms. The van der Waals surface area contributed by atoms with Crippen LogP contribution in [0.1, 0.15) is 22.9 Å². The largest absolute Gasteiger partial charge is 0.333 e. The molecule has 0 spiro atoms. The summed E-state index contributed by atoms with van der Waals surface area (Å²) in [6.07, 6.45) is 1.68. The second-order valence-electron chi connectivity index (χ2n) is 6.68. The Balaban J connectivity index is 1.64. The van der Waals surface area contributed by atoms with Crippen molar-refractivity contribution in [3.63, 3.8) is 0 Å². The Labute approximate surface area is 160 Å². The minimum atomic E-state index is -0.231. The molecule has 1 amide bonds. The maximum atomic E-state index is 13.1. The van der Waals surface area contributed by atoms with Crippen LogP contribution in [0, 0.1) is 6.92 Å². The van der Waals surface area contributed by atoms with Crippen molar-refractivity contribution in [2.24, 2.45) is 0 Å². The number of benzene rings is 1. The van der Waals surface area contributed by atoms with Gasteiger partial charge in [-0.25, -0.2) is 9.50 Å². The minimum Gasteiger partial charge on any atom is -0.333 e. The van der Waals surface area contributed by atoms with Crippen LogP contribution in [0.5, 0.6) is 0 Å². The third-order valence-electron chi connectivity index (χ3n) is 4.97. The molecule has 0 saturated carbocycles. The lowest BCUT2D eigenvalue weighted by Gasteiger charge is -2.36. The zero-order valence-electron chi connectivity index (χ0n) is 14.9. The number of carbonyl (C=O) groups is 1. The van der Waals surface area contributed by atoms with Crippen molar-refractivity contribution in [2.45, 2.75) is 19.4 Å². The van der Waals surface area contributed by atoms with Crippen LogP contribution < -0.4 is 10.9 Å². The van der Waals surface area contributed by atoms with Gasteiger partial charge in [0.1, 0.15) is 0 Å². The number of H-pyrrole nitrogens is 1. The number of amides is 1. The Kier molecular flexibility index (Phi) is 4.72. The summed E-state index contributed by atoms with van der Waals surface area (Å²) in [5.41, 5.74) is 2.30. The van der Waals surface area contributed by atoms with Gasteiger partial charge in [-0.3, -0.25) is 14.7 Å². The first-order valence-electron chi connectivity index (χ1n) is 8.86. The molecule has 0 bridgehead atoms. The standard InChI is InChI=1S/C19H20ClN5O2/c1-12-15(19(27)25-17(23-12)5-6-22-25)10-18(26)24-8-7-21-11-16(24)13-3-2-4-14(20)9-13/h2-6,9,16,21-22H,7-8,10-11H2,1H3. The van der Waals surface area contributed by atoms with Crippen molar-refractivity contribution < 1.29 is 4.79 Å². The number of halogens is 1. The van der Waals surface area contributed by atoms with Crippen LogP contribution in [-0.4, -0.2) is 45.0 Å². The monoisotopic (exact) mass is 385 g/mol. The average Bonchev–Trinajstić information content (AvgIpc) is 3.13. The number of aromatic nitrogens is 3. The Bertz CT molecular complexity index is 1060. The van der Waals surface area contributed by atoms with Crippen LogP contribution in [0.3, 0.4) is 0 Å². The lowest BCUT2D eigenvalue weighted by Crippen LogP contribution is -2.49. The van der Waals surface area contributed by atoms with E-state index in [0.717, 1.165) is 5.56 Å². The first kappa shape index (κ1) is 17.8. The summed E-state index contributed by atoms with van der Waals surface area (Å²) >= 11 is 6.13. The molecule has 0 radical (unpaired) electrons. The van der Waals surface area contributed by atoms with Crippen molar-refractivity contribution >= 4 is 23.2 Å². The fourth-order valence-corrected chi connectivity index (χ4v) is 3.78. The smallest absolute Gasteiger partial charge is 0.276 e. The second-order valence-corrected chi connectivity index (χ2v) is 7.11. The van der Waals surface area contributed by atoms with Crippen LogP contribution in [0.25, 0.3) is 5.65 Å². The Morgan fingerprint density at radius 2 is 2.22 bits per heavy atom. The number of carbonyl (C=O) groups excluding carboxylic acids is 1. The molecule has 7 nitrogen and oxygen atoms in total. The van der Waals surface area contributed by atoms with Crippen molar-refractivity contribution in [1.82, 2.24) is 24.8 Å². The van der Waals surface area contributed by atoms with Gasteiger partial charge in [0.25, 0.3) is 5.56 Å². The van der Waals surface area contributed by atoms with Crippen molar-refractivity contribution in [2.75, 3.05) is 19.6 Å². The van der Waals surface area contributed by atoms with E-state index in [0.29, 0.717) is 41.6 Å². The van der Waals surface area contributed by atoms with Crippen LogP contribution >= 0.6 is 11.6 Å². The van der Waals surface area contributed by atoms with E-state index in [1.165, 1.54) is 4.52 Å². The average molecular weight is 386 g/mol. The van der Waals surface area contributed by atoms with Crippen molar-refractivity contribution in [3.05, 3.63) is 68.7 Å². The number of nitrogens with zero attached hydrogens (tertiary/aromatic N) is 3. The van der Waals surface area contributed by atoms with Gasteiger partial charge in [0.05, 0.1) is 12.5 Å². The van der Waals surface area contributed by atoms with Gasteiger partial charge in [0.15, 0.2) is 5.65 Å². The number of hydrogen-bond acceptors (Lipinski definition) is 4. The fraction of sp³-hybridized carbons (Fsp3) is 0.316. The summed E-state index contributed by atoms with van der Waals surface area (Å²) < 4.78 is 1.36. The normalized spacial score (nSPS) is 17.4. The van der Waals surface area contributed by atoms with E-state index in [1.807, 2.05) is 29.2 Å². The summed E-state index contributed by atoms with van der Waals surface area (Å²) in [5.74, 6) is -0.0880. The van der Waals surface area contributed by atoms with Gasteiger partial charge in [0.2, 0.25) is 5.91 Å². The molecule has 3 aromatic rings. The van der Waals surface area contributed by atoms with E-state index in [1.54, 1.807) is 19.2 Å². The van der Waals surface area contributed by atoms with Gasteiger partial charge >= 0.3 is 0 Å². The van der Waals surface area contributed by atoms with E-state index in [2.05, 4.69) is 15.4 Å². The maximum absolute atomic E-state index is 13.1. The molecule has 2 aromatic heterocycles. The highest BCUT2D eigenvalue weighted by molar-refractivity contribution is 6.30. The van der Waals surface area contributed by atoms with Gasteiger partial charge in [0, 0.05) is 48.2 Å². The number of fused-ring (bicyclic) bond motifs is 1. The molecular formula is C19H20ClN5O2. The molecule has 1 atom stereocenters. The predicted octanol–water partition coefficient (Wildman–Crippen LogP) is 1.70. The van der Waals surface area contributed by atoms with E-state index in [-0.39, 0.29) is 23.9 Å². The molecule has 1 unspecified atom stereocenters. The van der Waals surface area contributed by atoms with Gasteiger partial charge in [-0.05, 0) is 24.6 Å². The highest BCUT2D eigenvalue weighted by Crippen LogP contribution is 2.25. The zero-order chi connectivity index (χ0) is 19.0. The molecule has 1 aliphatic rings. The number of hydrogen-bond donors (Lipinski definition) is 2. The third-order valence-corrected chi connectivity index (χ3v) is 5.21. The summed E-state index contributed by atoms with van der Waals surface area (Å²) in [4.78, 5) is 32.0. The lowest BCUT2D eigenvalue weighted by atomic mass is 10.0. The van der Waals surface area contributed by atoms with E-state index >= 15 is 0 Å². The predicted molar refractivity (Wildman–Crippen MR) is 103 cm³/mol. The minimum absolute atomic E-state index is 0.0245. The Morgan fingerprint density at radius 3 is 3.04 bits per heavy atom. The first-order valence-corrected chi connectivity index (χ1v) is 9.23. The number of aryl methyl sites for hydroxylation is 1. The van der Waals surface area contributed by atoms with Crippen LogP contribution in [0.2, 0.25) is 5.02 Å². The Morgan fingerprint density at radius 1 is 1.37 bits per heavy atom. The number of nitrogens with one attached hydrogen (secondary N) is 2. The molecule has 1 saturated heterocycles. The fourth-order valence-electron chi connectivity index (χ4n) is 3.58. The van der Waals surface area contributed by atoms with Gasteiger partial charge in [-0.2, -0.15) is 0 Å². The molecule has 2 N–H and O–H groups in total. The summed E-state index contributed by atoms with van der Waals surface area (Å²) in [6, 6.07) is 9.16. The maximum Gasteiger partial charge on any atom is 0.276 e. The molecule has 4 rings (SSSR count). The summed E-state index contributed by atoms with van der Waals surface area (Å²) in [7, 11) is 0. The lowest BCUT2D eigenvalue weighted by molar-refractivity contribution is -0.133. The molecule has 3 heterocycles. The van der Waals surface area contributed by atoms with Crippen LogP contribution in [0.15, 0.2) is 41.3 Å². The quantitative estimate of drug-likeness (QED) is 0.719. The molecule has 1 aromatic carbocycles. The number of aromatic amines is 1. The molecule has 1 fully saturated rings. The molecule has 27 heavy (non-hydrogen) atoms. The second kappa shape index (κ2) is 7.17. The number of piperazine rings is 1. The van der Waals surface area contributed by atoms with Gasteiger partial charge in [-0.15, -0.1) is 0 Å². The third kappa shape index (κ3) is 3.36. The van der Waals surface area contributed by atoms with Crippen molar-refractivity contribution in [3.8, 4) is 0 Å². The number of rotatable bonds is 3. The topological polar surface area (TPSA) is 82.5 Å². The molecular weight excluding hydrogens is 366 g/mol. The highest BCUT2D eigenvalue weighted by atomic mass is 35.5. The van der Waals surface area contributed by atoms with E-state index < -0.39 is 0 Å². The van der Waals surface area contributed by atoms with Crippen molar-refractivity contribution in [1.29, 1.82) is 0 Å². The SMILES string of the molecule is Cc1nc2cc[nH]n2c(=O)c1CC(=O)N1CCNCC1c1cccc(Cl)c1. The van der Waals surface area contributed by atoms with E-state index in [9.17, 15) is 9.59 Å². The van der Waals surface area contributed by atoms with E-state index in [4.69, 9.17) is 11.6 Å². The summed E-state index contributed by atoms with van der Waals surface area (Å²) in [5, 5.41) is 6.81.